The zero-order chi connectivity index (χ0) is 22.4. The van der Waals surface area contributed by atoms with Gasteiger partial charge in [0.1, 0.15) is 5.75 Å². The van der Waals surface area contributed by atoms with E-state index in [1.165, 1.54) is 5.56 Å². The van der Waals surface area contributed by atoms with Gasteiger partial charge in [0.2, 0.25) is 0 Å². The van der Waals surface area contributed by atoms with Crippen LogP contribution in [0.3, 0.4) is 0 Å². The summed E-state index contributed by atoms with van der Waals surface area (Å²) in [6.07, 6.45) is 6.36. The molecule has 0 aromatic heterocycles. The zero-order valence-corrected chi connectivity index (χ0v) is 19.2. The second-order valence-electron chi connectivity index (χ2n) is 8.49. The van der Waals surface area contributed by atoms with Crippen molar-refractivity contribution in [3.05, 3.63) is 64.7 Å². The number of rotatable bonds is 7. The number of aryl methyl sites for hydroxylation is 1. The first-order valence-electron chi connectivity index (χ1n) is 11.1. The highest BCUT2D eigenvalue weighted by Gasteiger charge is 2.25. The molecule has 31 heavy (non-hydrogen) atoms. The molecule has 1 amide bonds. The Morgan fingerprint density at radius 3 is 2.52 bits per heavy atom. The lowest BCUT2D eigenvalue weighted by Crippen LogP contribution is -2.46. The number of likely N-dealkylation sites (tertiary alicyclic amines) is 1. The van der Waals surface area contributed by atoms with Crippen molar-refractivity contribution in [3.63, 3.8) is 0 Å². The van der Waals surface area contributed by atoms with Crippen LogP contribution in [-0.4, -0.2) is 55.0 Å². The van der Waals surface area contributed by atoms with Gasteiger partial charge in [-0.3, -0.25) is 9.69 Å². The molecule has 2 N–H and O–H groups in total. The Morgan fingerprint density at radius 1 is 1.16 bits per heavy atom. The minimum absolute atomic E-state index is 0.0222. The minimum Gasteiger partial charge on any atom is -0.483 e. The molecular formula is C26H35N3O2. The molecule has 1 fully saturated rings. The fourth-order valence-electron chi connectivity index (χ4n) is 4.05. The number of carbonyl (C=O) groups excluding carboxylic acids is 1. The number of benzene rings is 2. The molecule has 3 rings (SSSR count). The van der Waals surface area contributed by atoms with E-state index < -0.39 is 0 Å². The Balaban J connectivity index is 1.45. The molecule has 2 aromatic rings. The number of ether oxygens (including phenoxy) is 1. The largest absolute Gasteiger partial charge is 0.483 e. The summed E-state index contributed by atoms with van der Waals surface area (Å²) < 4.78 is 5.88. The SMILES string of the molecule is Cc1cc(OCC(=O)N(C)C2CCN(CC=Cc3ccccc3)CC2)c(C)c(C)c1N. The lowest BCUT2D eigenvalue weighted by atomic mass is 10.0. The van der Waals surface area contributed by atoms with Gasteiger partial charge >= 0.3 is 0 Å². The monoisotopic (exact) mass is 421 g/mol. The van der Waals surface area contributed by atoms with Gasteiger partial charge in [0.05, 0.1) is 0 Å². The summed E-state index contributed by atoms with van der Waals surface area (Å²) in [6, 6.07) is 12.6. The van der Waals surface area contributed by atoms with E-state index >= 15 is 0 Å². The van der Waals surface area contributed by atoms with Crippen LogP contribution in [0.1, 0.15) is 35.1 Å². The summed E-state index contributed by atoms with van der Waals surface area (Å²) in [4.78, 5) is 17.0. The highest BCUT2D eigenvalue weighted by atomic mass is 16.5. The molecule has 5 heteroatoms. The predicted molar refractivity (Wildman–Crippen MR) is 128 cm³/mol. The zero-order valence-electron chi connectivity index (χ0n) is 19.2. The summed E-state index contributed by atoms with van der Waals surface area (Å²) in [6.45, 7) is 8.93. The van der Waals surface area contributed by atoms with Gasteiger partial charge < -0.3 is 15.4 Å². The molecule has 0 bridgehead atoms. The van der Waals surface area contributed by atoms with Crippen molar-refractivity contribution in [2.75, 3.05) is 39.0 Å². The standard InChI is InChI=1S/C26H35N3O2/c1-19-17-24(20(2)21(3)26(19)27)31-18-25(30)28(4)23-12-15-29(16-13-23)14-8-11-22-9-6-5-7-10-22/h5-11,17,23H,12-16,18,27H2,1-4H3. The van der Waals surface area contributed by atoms with Crippen molar-refractivity contribution in [2.24, 2.45) is 0 Å². The summed E-state index contributed by atoms with van der Waals surface area (Å²) >= 11 is 0. The van der Waals surface area contributed by atoms with Gasteiger partial charge in [0, 0.05) is 38.4 Å². The molecule has 1 heterocycles. The van der Waals surface area contributed by atoms with Crippen LogP contribution < -0.4 is 10.5 Å². The maximum atomic E-state index is 12.7. The maximum Gasteiger partial charge on any atom is 0.260 e. The van der Waals surface area contributed by atoms with Gasteiger partial charge in [-0.2, -0.15) is 0 Å². The van der Waals surface area contributed by atoms with Gasteiger partial charge in [-0.1, -0.05) is 42.5 Å². The second-order valence-corrected chi connectivity index (χ2v) is 8.49. The quantitative estimate of drug-likeness (QED) is 0.681. The molecule has 0 spiro atoms. The fraction of sp³-hybridized carbons (Fsp3) is 0.423. The van der Waals surface area contributed by atoms with E-state index in [1.54, 1.807) is 0 Å². The molecule has 1 saturated heterocycles. The molecule has 1 aliphatic heterocycles. The number of nitrogen functional groups attached to an aromatic ring is 1. The van der Waals surface area contributed by atoms with E-state index in [-0.39, 0.29) is 18.6 Å². The summed E-state index contributed by atoms with van der Waals surface area (Å²) in [5, 5.41) is 0. The number of nitrogens with zero attached hydrogens (tertiary/aromatic N) is 2. The number of nitrogens with two attached hydrogens (primary N) is 1. The van der Waals surface area contributed by atoms with E-state index in [0.717, 1.165) is 60.6 Å². The molecule has 1 aliphatic rings. The van der Waals surface area contributed by atoms with E-state index in [1.807, 2.05) is 44.9 Å². The van der Waals surface area contributed by atoms with Crippen LogP contribution in [0.4, 0.5) is 5.69 Å². The number of piperidine rings is 1. The van der Waals surface area contributed by atoms with Crippen LogP contribution in [0.5, 0.6) is 5.75 Å². The molecule has 0 unspecified atom stereocenters. The molecule has 166 valence electrons. The molecule has 0 aliphatic carbocycles. The number of likely N-dealkylation sites (N-methyl/N-ethyl adjacent to an activating group) is 1. The van der Waals surface area contributed by atoms with Gasteiger partial charge in [-0.15, -0.1) is 0 Å². The highest BCUT2D eigenvalue weighted by molar-refractivity contribution is 5.78. The van der Waals surface area contributed by atoms with Gasteiger partial charge in [-0.05, 0) is 61.9 Å². The van der Waals surface area contributed by atoms with Crippen molar-refractivity contribution in [1.82, 2.24) is 9.80 Å². The minimum atomic E-state index is 0.0222. The third kappa shape index (κ3) is 5.88. The Kier molecular flexibility index (Phi) is 7.75. The number of amides is 1. The first kappa shape index (κ1) is 22.9. The smallest absolute Gasteiger partial charge is 0.260 e. The normalized spacial score (nSPS) is 15.4. The molecule has 2 aromatic carbocycles. The number of hydrogen-bond donors (Lipinski definition) is 1. The highest BCUT2D eigenvalue weighted by Crippen LogP contribution is 2.29. The number of carbonyl (C=O) groups is 1. The van der Waals surface area contributed by atoms with Crippen molar-refractivity contribution < 1.29 is 9.53 Å². The van der Waals surface area contributed by atoms with Crippen LogP contribution in [-0.2, 0) is 4.79 Å². The maximum absolute atomic E-state index is 12.7. The summed E-state index contributed by atoms with van der Waals surface area (Å²) in [7, 11) is 1.90. The molecule has 5 nitrogen and oxygen atoms in total. The third-order valence-electron chi connectivity index (χ3n) is 6.43. The summed E-state index contributed by atoms with van der Waals surface area (Å²) in [5.74, 6) is 0.764. The number of hydrogen-bond acceptors (Lipinski definition) is 4. The van der Waals surface area contributed by atoms with Crippen LogP contribution in [0, 0.1) is 20.8 Å². The lowest BCUT2D eigenvalue weighted by molar-refractivity contribution is -0.135. The van der Waals surface area contributed by atoms with E-state index in [9.17, 15) is 4.79 Å². The summed E-state index contributed by atoms with van der Waals surface area (Å²) in [5.41, 5.74) is 11.1. The predicted octanol–water partition coefficient (Wildman–Crippen LogP) is 4.21. The molecule has 0 saturated carbocycles. The fourth-order valence-corrected chi connectivity index (χ4v) is 4.05. The van der Waals surface area contributed by atoms with Crippen molar-refractivity contribution >= 4 is 17.7 Å². The van der Waals surface area contributed by atoms with Crippen LogP contribution in [0.15, 0.2) is 42.5 Å². The number of anilines is 1. The Morgan fingerprint density at radius 2 is 1.84 bits per heavy atom. The van der Waals surface area contributed by atoms with Gasteiger partial charge in [0.15, 0.2) is 6.61 Å². The van der Waals surface area contributed by atoms with Gasteiger partial charge in [0.25, 0.3) is 5.91 Å². The van der Waals surface area contributed by atoms with Crippen molar-refractivity contribution in [2.45, 2.75) is 39.7 Å². The Labute approximate surface area is 186 Å². The van der Waals surface area contributed by atoms with Gasteiger partial charge in [-0.25, -0.2) is 0 Å². The first-order valence-corrected chi connectivity index (χ1v) is 11.1. The Hall–Kier alpha value is -2.79. The molecule has 0 radical (unpaired) electrons. The second kappa shape index (κ2) is 10.5. The average Bonchev–Trinajstić information content (AvgIpc) is 2.79. The molecular weight excluding hydrogens is 386 g/mol. The lowest BCUT2D eigenvalue weighted by Gasteiger charge is -2.36. The van der Waals surface area contributed by atoms with Crippen molar-refractivity contribution in [1.29, 1.82) is 0 Å². The van der Waals surface area contributed by atoms with Crippen molar-refractivity contribution in [3.8, 4) is 5.75 Å². The van der Waals surface area contributed by atoms with E-state index in [2.05, 4.69) is 41.3 Å². The molecule has 0 atom stereocenters. The average molecular weight is 422 g/mol. The topological polar surface area (TPSA) is 58.8 Å². The van der Waals surface area contributed by atoms with Crippen LogP contribution >= 0.6 is 0 Å². The van der Waals surface area contributed by atoms with Crippen LogP contribution in [0.25, 0.3) is 6.08 Å². The van der Waals surface area contributed by atoms with Crippen LogP contribution in [0.2, 0.25) is 0 Å². The van der Waals surface area contributed by atoms with E-state index in [4.69, 9.17) is 10.5 Å². The third-order valence-corrected chi connectivity index (χ3v) is 6.43. The van der Waals surface area contributed by atoms with E-state index in [0.29, 0.717) is 0 Å². The Bertz CT molecular complexity index is 916. The first-order chi connectivity index (χ1) is 14.9.